The lowest BCUT2D eigenvalue weighted by Crippen LogP contribution is -2.32. The largest absolute Gasteiger partial charge is 0.383 e. The fraction of sp³-hybridized carbons (Fsp3) is 0.500. The standard InChI is InChI=1S/C16H24N2/c1-10(2)17-13-7-11(3)15-14(8-13)12(4)9-16(5,6)18-15/h7-10,17-18H,1-6H3. The molecular formula is C16H24N2. The van der Waals surface area contributed by atoms with Gasteiger partial charge in [-0.15, -0.1) is 0 Å². The predicted molar refractivity (Wildman–Crippen MR) is 81.3 cm³/mol. The van der Waals surface area contributed by atoms with Gasteiger partial charge in [0.1, 0.15) is 0 Å². The van der Waals surface area contributed by atoms with E-state index in [4.69, 9.17) is 0 Å². The molecular weight excluding hydrogens is 220 g/mol. The first-order valence-corrected chi connectivity index (χ1v) is 6.68. The highest BCUT2D eigenvalue weighted by Gasteiger charge is 2.24. The first-order valence-electron chi connectivity index (χ1n) is 6.68. The third-order valence-electron chi connectivity index (χ3n) is 3.24. The average Bonchev–Trinajstić information content (AvgIpc) is 2.18. The summed E-state index contributed by atoms with van der Waals surface area (Å²) < 4.78 is 0. The molecule has 0 aliphatic carbocycles. The van der Waals surface area contributed by atoms with Crippen LogP contribution >= 0.6 is 0 Å². The van der Waals surface area contributed by atoms with Gasteiger partial charge in [0, 0.05) is 23.0 Å². The first kappa shape index (κ1) is 13.0. The number of nitrogens with one attached hydrogen (secondary N) is 2. The highest BCUT2D eigenvalue weighted by molar-refractivity contribution is 5.84. The molecule has 1 aliphatic rings. The molecule has 0 spiro atoms. The van der Waals surface area contributed by atoms with Crippen molar-refractivity contribution in [3.8, 4) is 0 Å². The topological polar surface area (TPSA) is 24.1 Å². The monoisotopic (exact) mass is 244 g/mol. The quantitative estimate of drug-likeness (QED) is 0.804. The van der Waals surface area contributed by atoms with Crippen molar-refractivity contribution in [1.29, 1.82) is 0 Å². The second kappa shape index (κ2) is 4.34. The van der Waals surface area contributed by atoms with Crippen LogP contribution in [0.4, 0.5) is 11.4 Å². The van der Waals surface area contributed by atoms with E-state index in [1.807, 2.05) is 0 Å². The maximum atomic E-state index is 3.61. The van der Waals surface area contributed by atoms with Crippen molar-refractivity contribution in [2.24, 2.45) is 0 Å². The number of allylic oxidation sites excluding steroid dienone is 1. The van der Waals surface area contributed by atoms with Crippen LogP contribution < -0.4 is 10.6 Å². The average molecular weight is 244 g/mol. The fourth-order valence-corrected chi connectivity index (χ4v) is 2.66. The number of benzene rings is 1. The van der Waals surface area contributed by atoms with Crippen molar-refractivity contribution in [2.75, 3.05) is 10.6 Å². The van der Waals surface area contributed by atoms with Crippen LogP contribution in [0.15, 0.2) is 18.2 Å². The molecule has 0 radical (unpaired) electrons. The zero-order valence-corrected chi connectivity index (χ0v) is 12.3. The summed E-state index contributed by atoms with van der Waals surface area (Å²) in [5, 5.41) is 7.09. The van der Waals surface area contributed by atoms with E-state index in [1.165, 1.54) is 28.1 Å². The van der Waals surface area contributed by atoms with E-state index in [-0.39, 0.29) is 5.54 Å². The van der Waals surface area contributed by atoms with Crippen LogP contribution in [0.5, 0.6) is 0 Å². The van der Waals surface area contributed by atoms with Gasteiger partial charge >= 0.3 is 0 Å². The molecule has 1 aromatic carbocycles. The van der Waals surface area contributed by atoms with Gasteiger partial charge in [-0.1, -0.05) is 6.08 Å². The normalized spacial score (nSPS) is 16.9. The van der Waals surface area contributed by atoms with Crippen molar-refractivity contribution in [2.45, 2.75) is 53.1 Å². The van der Waals surface area contributed by atoms with Crippen LogP contribution in [0.2, 0.25) is 0 Å². The van der Waals surface area contributed by atoms with E-state index in [1.54, 1.807) is 0 Å². The molecule has 2 nitrogen and oxygen atoms in total. The number of fused-ring (bicyclic) bond motifs is 1. The molecule has 0 atom stereocenters. The Hall–Kier alpha value is -1.44. The molecule has 0 amide bonds. The van der Waals surface area contributed by atoms with Gasteiger partial charge in [-0.05, 0) is 64.8 Å². The molecule has 0 unspecified atom stereocenters. The van der Waals surface area contributed by atoms with Crippen LogP contribution in [0.1, 0.15) is 45.7 Å². The maximum absolute atomic E-state index is 3.61. The Morgan fingerprint density at radius 3 is 2.44 bits per heavy atom. The van der Waals surface area contributed by atoms with Crippen LogP contribution in [-0.2, 0) is 0 Å². The van der Waals surface area contributed by atoms with Crippen molar-refractivity contribution in [1.82, 2.24) is 0 Å². The van der Waals surface area contributed by atoms with E-state index in [9.17, 15) is 0 Å². The third-order valence-corrected chi connectivity index (χ3v) is 3.24. The number of hydrogen-bond donors (Lipinski definition) is 2. The van der Waals surface area contributed by atoms with Crippen LogP contribution in [-0.4, -0.2) is 11.6 Å². The highest BCUT2D eigenvalue weighted by Crippen LogP contribution is 2.37. The number of aryl methyl sites for hydroxylation is 1. The summed E-state index contributed by atoms with van der Waals surface area (Å²) in [6.45, 7) is 13.1. The predicted octanol–water partition coefficient (Wildman–Crippen LogP) is 4.42. The van der Waals surface area contributed by atoms with Gasteiger partial charge in [0.25, 0.3) is 0 Å². The van der Waals surface area contributed by atoms with Crippen LogP contribution in [0.3, 0.4) is 0 Å². The molecule has 2 rings (SSSR count). The van der Waals surface area contributed by atoms with Gasteiger partial charge in [0.15, 0.2) is 0 Å². The molecule has 2 heteroatoms. The van der Waals surface area contributed by atoms with Crippen LogP contribution in [0.25, 0.3) is 5.57 Å². The van der Waals surface area contributed by atoms with Gasteiger partial charge in [-0.3, -0.25) is 0 Å². The molecule has 2 N–H and O–H groups in total. The first-order chi connectivity index (χ1) is 8.28. The molecule has 18 heavy (non-hydrogen) atoms. The lowest BCUT2D eigenvalue weighted by molar-refractivity contribution is 0.706. The van der Waals surface area contributed by atoms with Crippen molar-refractivity contribution in [3.05, 3.63) is 29.3 Å². The molecule has 0 saturated heterocycles. The minimum atomic E-state index is 0.0365. The van der Waals surface area contributed by atoms with Crippen molar-refractivity contribution >= 4 is 16.9 Å². The third kappa shape index (κ3) is 2.53. The lowest BCUT2D eigenvalue weighted by atomic mass is 9.89. The molecule has 0 fully saturated rings. The lowest BCUT2D eigenvalue weighted by Gasteiger charge is -2.33. The summed E-state index contributed by atoms with van der Waals surface area (Å²) in [7, 11) is 0. The molecule has 98 valence electrons. The smallest absolute Gasteiger partial charge is 0.0506 e. The van der Waals surface area contributed by atoms with Crippen molar-refractivity contribution < 1.29 is 0 Å². The molecule has 1 aliphatic heterocycles. The van der Waals surface area contributed by atoms with Gasteiger partial charge < -0.3 is 10.6 Å². The van der Waals surface area contributed by atoms with Crippen LogP contribution in [0, 0.1) is 6.92 Å². The summed E-state index contributed by atoms with van der Waals surface area (Å²) in [4.78, 5) is 0. The SMILES string of the molecule is CC1=CC(C)(C)Nc2c(C)cc(NC(C)C)cc21. The van der Waals surface area contributed by atoms with Crippen molar-refractivity contribution in [3.63, 3.8) is 0 Å². The number of anilines is 2. The van der Waals surface area contributed by atoms with E-state index in [0.29, 0.717) is 6.04 Å². The molecule has 0 bridgehead atoms. The fourth-order valence-electron chi connectivity index (χ4n) is 2.66. The molecule has 0 aromatic heterocycles. The zero-order chi connectivity index (χ0) is 13.5. The Morgan fingerprint density at radius 1 is 1.17 bits per heavy atom. The van der Waals surface area contributed by atoms with Gasteiger partial charge in [0.05, 0.1) is 5.54 Å². The van der Waals surface area contributed by atoms with E-state index >= 15 is 0 Å². The summed E-state index contributed by atoms with van der Waals surface area (Å²) in [6, 6.07) is 4.93. The minimum absolute atomic E-state index is 0.0365. The van der Waals surface area contributed by atoms with E-state index < -0.39 is 0 Å². The van der Waals surface area contributed by atoms with Gasteiger partial charge in [0.2, 0.25) is 0 Å². The number of hydrogen-bond acceptors (Lipinski definition) is 2. The Bertz CT molecular complexity index is 496. The van der Waals surface area contributed by atoms with E-state index in [0.717, 1.165) is 0 Å². The number of rotatable bonds is 2. The minimum Gasteiger partial charge on any atom is -0.383 e. The summed E-state index contributed by atoms with van der Waals surface area (Å²) >= 11 is 0. The molecule has 0 saturated carbocycles. The zero-order valence-electron chi connectivity index (χ0n) is 12.3. The summed E-state index contributed by atoms with van der Waals surface area (Å²) in [5.41, 5.74) is 6.48. The second-order valence-electron chi connectivity index (χ2n) is 6.19. The Labute approximate surface area is 110 Å². The van der Waals surface area contributed by atoms with Gasteiger partial charge in [-0.25, -0.2) is 0 Å². The summed E-state index contributed by atoms with van der Waals surface area (Å²) in [6.07, 6.45) is 2.30. The Balaban J connectivity index is 2.49. The summed E-state index contributed by atoms with van der Waals surface area (Å²) in [5.74, 6) is 0. The Morgan fingerprint density at radius 2 is 1.83 bits per heavy atom. The molecule has 1 heterocycles. The van der Waals surface area contributed by atoms with Gasteiger partial charge in [-0.2, -0.15) is 0 Å². The van der Waals surface area contributed by atoms with E-state index in [2.05, 4.69) is 70.4 Å². The highest BCUT2D eigenvalue weighted by atomic mass is 15.0. The second-order valence-corrected chi connectivity index (χ2v) is 6.19. The Kier molecular flexibility index (Phi) is 3.14. The maximum Gasteiger partial charge on any atom is 0.0506 e. The molecule has 1 aromatic rings.